The fraction of sp³-hybridized carbons (Fsp3) is 0.296. The first-order valence-corrected chi connectivity index (χ1v) is 11.5. The Bertz CT molecular complexity index is 1300. The Morgan fingerprint density at radius 1 is 1.12 bits per heavy atom. The van der Waals surface area contributed by atoms with Gasteiger partial charge in [-0.3, -0.25) is 14.5 Å². The lowest BCUT2D eigenvalue weighted by molar-refractivity contribution is -0.135. The third-order valence-corrected chi connectivity index (χ3v) is 6.91. The van der Waals surface area contributed by atoms with E-state index < -0.39 is 17.5 Å². The number of urea groups is 1. The van der Waals surface area contributed by atoms with Crippen LogP contribution in [-0.2, 0) is 21.5 Å². The number of imide groups is 1. The van der Waals surface area contributed by atoms with Crippen LogP contribution < -0.4 is 15.4 Å². The second-order valence-corrected chi connectivity index (χ2v) is 9.09. The second kappa shape index (κ2) is 8.48. The standard InChI is InChI=1S/C27H27N3O4/c1-27(20-12-10-19-15-21(34-2)13-11-18(19)14-20)25(32)30(26(33)29-27)16-24(31)28-23-9-5-7-17-6-3-4-8-22(17)23/h3-4,6,8,10-15,23H,5,7,9,16H2,1-2H3,(H,28,31)(H,29,33)/t23-,27-/m0/s1. The van der Waals surface area contributed by atoms with Gasteiger partial charge in [0.05, 0.1) is 13.2 Å². The van der Waals surface area contributed by atoms with Crippen LogP contribution in [-0.4, -0.2) is 36.4 Å². The molecule has 7 heteroatoms. The van der Waals surface area contributed by atoms with Gasteiger partial charge in [0.15, 0.2) is 0 Å². The number of carbonyl (C=O) groups excluding carboxylic acids is 3. The Morgan fingerprint density at radius 2 is 1.88 bits per heavy atom. The van der Waals surface area contributed by atoms with Crippen molar-refractivity contribution in [3.8, 4) is 5.75 Å². The number of nitrogens with zero attached hydrogens (tertiary/aromatic N) is 1. The van der Waals surface area contributed by atoms with Gasteiger partial charge in [-0.15, -0.1) is 0 Å². The van der Waals surface area contributed by atoms with Gasteiger partial charge in [-0.1, -0.05) is 42.5 Å². The molecule has 2 N–H and O–H groups in total. The van der Waals surface area contributed by atoms with E-state index in [0.29, 0.717) is 5.56 Å². The monoisotopic (exact) mass is 457 g/mol. The van der Waals surface area contributed by atoms with Crippen LogP contribution in [0.25, 0.3) is 10.8 Å². The highest BCUT2D eigenvalue weighted by Gasteiger charge is 2.49. The third-order valence-electron chi connectivity index (χ3n) is 6.91. The second-order valence-electron chi connectivity index (χ2n) is 9.09. The molecule has 174 valence electrons. The van der Waals surface area contributed by atoms with Crippen molar-refractivity contribution in [2.75, 3.05) is 13.7 Å². The Labute approximate surface area is 198 Å². The smallest absolute Gasteiger partial charge is 0.325 e. The van der Waals surface area contributed by atoms with Crippen molar-refractivity contribution in [2.45, 2.75) is 37.8 Å². The fourth-order valence-electron chi connectivity index (χ4n) is 4.99. The highest BCUT2D eigenvalue weighted by molar-refractivity contribution is 6.09. The maximum absolute atomic E-state index is 13.3. The van der Waals surface area contributed by atoms with E-state index in [1.54, 1.807) is 14.0 Å². The zero-order valence-electron chi connectivity index (χ0n) is 19.3. The van der Waals surface area contributed by atoms with Crippen LogP contribution in [0, 0.1) is 0 Å². The van der Waals surface area contributed by atoms with Crippen molar-refractivity contribution >= 4 is 28.6 Å². The summed E-state index contributed by atoms with van der Waals surface area (Å²) in [7, 11) is 1.61. The molecule has 1 heterocycles. The quantitative estimate of drug-likeness (QED) is 0.571. The first kappa shape index (κ1) is 21.9. The van der Waals surface area contributed by atoms with E-state index >= 15 is 0 Å². The summed E-state index contributed by atoms with van der Waals surface area (Å²) in [6.45, 7) is 1.36. The average Bonchev–Trinajstić information content (AvgIpc) is 3.07. The predicted molar refractivity (Wildman–Crippen MR) is 128 cm³/mol. The Hall–Kier alpha value is -3.87. The molecule has 3 aromatic carbocycles. The molecule has 0 spiro atoms. The number of hydrogen-bond acceptors (Lipinski definition) is 4. The molecule has 0 radical (unpaired) electrons. The molecule has 0 saturated carbocycles. The molecule has 0 bridgehead atoms. The zero-order chi connectivity index (χ0) is 23.9. The Kier molecular flexibility index (Phi) is 5.48. The number of amides is 4. The van der Waals surface area contributed by atoms with E-state index in [9.17, 15) is 14.4 Å². The average molecular weight is 458 g/mol. The van der Waals surface area contributed by atoms with Crippen molar-refractivity contribution in [1.82, 2.24) is 15.5 Å². The van der Waals surface area contributed by atoms with Gasteiger partial charge in [0.25, 0.3) is 5.91 Å². The summed E-state index contributed by atoms with van der Waals surface area (Å²) >= 11 is 0. The highest BCUT2D eigenvalue weighted by Crippen LogP contribution is 2.33. The largest absolute Gasteiger partial charge is 0.497 e. The SMILES string of the molecule is COc1ccc2cc([C@]3(C)NC(=O)N(CC(=O)N[C@H]4CCCc5ccccc54)C3=O)ccc2c1. The van der Waals surface area contributed by atoms with Crippen LogP contribution in [0.1, 0.15) is 42.5 Å². The number of nitrogens with one attached hydrogen (secondary N) is 2. The molecule has 0 aromatic heterocycles. The lowest BCUT2D eigenvalue weighted by Crippen LogP contribution is -2.44. The first-order chi connectivity index (χ1) is 16.4. The topological polar surface area (TPSA) is 87.7 Å². The minimum Gasteiger partial charge on any atom is -0.497 e. The van der Waals surface area contributed by atoms with Crippen LogP contribution in [0.15, 0.2) is 60.7 Å². The fourth-order valence-corrected chi connectivity index (χ4v) is 4.99. The number of ether oxygens (including phenoxy) is 1. The van der Waals surface area contributed by atoms with Crippen molar-refractivity contribution in [2.24, 2.45) is 0 Å². The lowest BCUT2D eigenvalue weighted by Gasteiger charge is -2.27. The first-order valence-electron chi connectivity index (χ1n) is 11.5. The summed E-state index contributed by atoms with van der Waals surface area (Å²) in [6, 6.07) is 18.7. The normalized spacial score (nSPS) is 21.8. The van der Waals surface area contributed by atoms with E-state index in [0.717, 1.165) is 46.2 Å². The summed E-state index contributed by atoms with van der Waals surface area (Å²) in [4.78, 5) is 39.9. The number of aryl methyl sites for hydroxylation is 1. The maximum atomic E-state index is 13.3. The van der Waals surface area contributed by atoms with Gasteiger partial charge < -0.3 is 15.4 Å². The molecule has 3 aromatic rings. The molecule has 1 aliphatic heterocycles. The molecular weight excluding hydrogens is 430 g/mol. The van der Waals surface area contributed by atoms with Crippen LogP contribution in [0.2, 0.25) is 0 Å². The van der Waals surface area contributed by atoms with Crippen LogP contribution >= 0.6 is 0 Å². The molecule has 7 nitrogen and oxygen atoms in total. The lowest BCUT2D eigenvalue weighted by atomic mass is 9.88. The maximum Gasteiger partial charge on any atom is 0.325 e. The van der Waals surface area contributed by atoms with E-state index in [-0.39, 0.29) is 18.5 Å². The number of methoxy groups -OCH3 is 1. The summed E-state index contributed by atoms with van der Waals surface area (Å²) in [5.74, 6) is -0.0425. The van der Waals surface area contributed by atoms with Gasteiger partial charge in [-0.25, -0.2) is 4.79 Å². The summed E-state index contributed by atoms with van der Waals surface area (Å²) in [5.41, 5.74) is 1.75. The van der Waals surface area contributed by atoms with Crippen LogP contribution in [0.5, 0.6) is 5.75 Å². The molecule has 5 rings (SSSR count). The number of carbonyl (C=O) groups is 3. The molecule has 1 aliphatic carbocycles. The number of hydrogen-bond donors (Lipinski definition) is 2. The van der Waals surface area contributed by atoms with Gasteiger partial charge in [-0.05, 0) is 71.8 Å². The minimum atomic E-state index is -1.25. The predicted octanol–water partition coefficient (Wildman–Crippen LogP) is 3.81. The molecule has 1 saturated heterocycles. The van der Waals surface area contributed by atoms with Crippen LogP contribution in [0.3, 0.4) is 0 Å². The van der Waals surface area contributed by atoms with Crippen molar-refractivity contribution < 1.29 is 19.1 Å². The summed E-state index contributed by atoms with van der Waals surface area (Å²) in [5, 5.41) is 7.70. The van der Waals surface area contributed by atoms with E-state index in [4.69, 9.17) is 4.74 Å². The third kappa shape index (κ3) is 3.77. The zero-order valence-corrected chi connectivity index (χ0v) is 19.3. The molecular formula is C27H27N3O4. The Balaban J connectivity index is 1.33. The van der Waals surface area contributed by atoms with Gasteiger partial charge >= 0.3 is 6.03 Å². The highest BCUT2D eigenvalue weighted by atomic mass is 16.5. The summed E-state index contributed by atoms with van der Waals surface area (Å²) in [6.07, 6.45) is 2.81. The van der Waals surface area contributed by atoms with Gasteiger partial charge in [0, 0.05) is 0 Å². The van der Waals surface area contributed by atoms with Crippen LogP contribution in [0.4, 0.5) is 4.79 Å². The molecule has 1 fully saturated rings. The minimum absolute atomic E-state index is 0.109. The van der Waals surface area contributed by atoms with E-state index in [2.05, 4.69) is 16.7 Å². The van der Waals surface area contributed by atoms with E-state index in [1.165, 1.54) is 5.56 Å². The van der Waals surface area contributed by atoms with Gasteiger partial charge in [0.2, 0.25) is 5.91 Å². The van der Waals surface area contributed by atoms with Gasteiger partial charge in [0.1, 0.15) is 17.8 Å². The van der Waals surface area contributed by atoms with Crippen molar-refractivity contribution in [1.29, 1.82) is 0 Å². The van der Waals surface area contributed by atoms with Gasteiger partial charge in [-0.2, -0.15) is 0 Å². The van der Waals surface area contributed by atoms with Crippen molar-refractivity contribution in [3.05, 3.63) is 77.4 Å². The molecule has 4 amide bonds. The Morgan fingerprint density at radius 3 is 2.71 bits per heavy atom. The molecule has 34 heavy (non-hydrogen) atoms. The molecule has 2 aliphatic rings. The van der Waals surface area contributed by atoms with Crippen molar-refractivity contribution in [3.63, 3.8) is 0 Å². The number of rotatable bonds is 5. The number of benzene rings is 3. The molecule has 0 unspecified atom stereocenters. The van der Waals surface area contributed by atoms with E-state index in [1.807, 2.05) is 54.6 Å². The molecule has 2 atom stereocenters. The number of fused-ring (bicyclic) bond motifs is 2. The summed E-state index contributed by atoms with van der Waals surface area (Å²) < 4.78 is 5.27.